The summed E-state index contributed by atoms with van der Waals surface area (Å²) in [5, 5.41) is 11.9. The molecule has 1 aliphatic rings. The molecule has 0 atom stereocenters. The fourth-order valence-corrected chi connectivity index (χ4v) is 3.10. The van der Waals surface area contributed by atoms with E-state index >= 15 is 0 Å². The summed E-state index contributed by atoms with van der Waals surface area (Å²) in [6.45, 7) is 4.82. The lowest BCUT2D eigenvalue weighted by molar-refractivity contribution is -0.139. The summed E-state index contributed by atoms with van der Waals surface area (Å²) in [7, 11) is 0. The largest absolute Gasteiger partial charge is 0.480 e. The minimum atomic E-state index is -0.794. The Morgan fingerprint density at radius 2 is 2.09 bits per heavy atom. The van der Waals surface area contributed by atoms with Crippen molar-refractivity contribution in [2.75, 3.05) is 13.1 Å². The zero-order chi connectivity index (χ0) is 16.8. The highest BCUT2D eigenvalue weighted by atomic mass is 16.4. The van der Waals surface area contributed by atoms with Gasteiger partial charge in [0.05, 0.1) is 6.54 Å². The van der Waals surface area contributed by atoms with Gasteiger partial charge in [-0.05, 0) is 38.3 Å². The number of hydrogen-bond acceptors (Lipinski definition) is 3. The number of aryl methyl sites for hydroxylation is 2. The number of carbonyl (C=O) groups excluding carboxylic acids is 1. The molecule has 0 saturated heterocycles. The second-order valence-corrected chi connectivity index (χ2v) is 6.34. The van der Waals surface area contributed by atoms with E-state index in [-0.39, 0.29) is 24.5 Å². The number of rotatable bonds is 8. The SMILES string of the molecule is CCN(CC(=O)O)C1CC(NC(=O)CCc2cccc(C)c2)C1. The minimum Gasteiger partial charge on any atom is -0.480 e. The molecule has 2 rings (SSSR count). The second-order valence-electron chi connectivity index (χ2n) is 6.34. The molecule has 1 aliphatic carbocycles. The Labute approximate surface area is 137 Å². The highest BCUT2D eigenvalue weighted by molar-refractivity contribution is 5.76. The molecule has 0 aliphatic heterocycles. The van der Waals surface area contributed by atoms with Gasteiger partial charge in [0.2, 0.25) is 5.91 Å². The summed E-state index contributed by atoms with van der Waals surface area (Å²) in [4.78, 5) is 24.8. The fourth-order valence-electron chi connectivity index (χ4n) is 3.10. The molecule has 0 aromatic heterocycles. The molecular formula is C18H26N2O3. The van der Waals surface area contributed by atoms with Crippen LogP contribution in [-0.2, 0) is 16.0 Å². The van der Waals surface area contributed by atoms with Crippen LogP contribution >= 0.6 is 0 Å². The molecule has 1 aromatic carbocycles. The van der Waals surface area contributed by atoms with Crippen molar-refractivity contribution in [3.63, 3.8) is 0 Å². The van der Waals surface area contributed by atoms with Crippen LogP contribution in [0.1, 0.15) is 37.3 Å². The molecule has 126 valence electrons. The maximum absolute atomic E-state index is 12.0. The van der Waals surface area contributed by atoms with Crippen LogP contribution in [0.4, 0.5) is 0 Å². The molecule has 5 nitrogen and oxygen atoms in total. The van der Waals surface area contributed by atoms with Gasteiger partial charge in [0.1, 0.15) is 0 Å². The van der Waals surface area contributed by atoms with Gasteiger partial charge in [0, 0.05) is 18.5 Å². The van der Waals surface area contributed by atoms with Crippen LogP contribution < -0.4 is 5.32 Å². The third-order valence-electron chi connectivity index (χ3n) is 4.46. The average Bonchev–Trinajstić information content (AvgIpc) is 2.46. The Bertz CT molecular complexity index is 553. The number of likely N-dealkylation sites (N-methyl/N-ethyl adjacent to an activating group) is 1. The maximum Gasteiger partial charge on any atom is 0.317 e. The van der Waals surface area contributed by atoms with E-state index in [1.54, 1.807) is 0 Å². The first-order valence-corrected chi connectivity index (χ1v) is 8.28. The van der Waals surface area contributed by atoms with Crippen LogP contribution in [0.2, 0.25) is 0 Å². The van der Waals surface area contributed by atoms with Crippen LogP contribution in [0.3, 0.4) is 0 Å². The lowest BCUT2D eigenvalue weighted by atomic mass is 9.85. The van der Waals surface area contributed by atoms with Gasteiger partial charge in [-0.25, -0.2) is 0 Å². The molecule has 0 bridgehead atoms. The quantitative estimate of drug-likeness (QED) is 0.769. The van der Waals surface area contributed by atoms with Gasteiger partial charge in [-0.2, -0.15) is 0 Å². The van der Waals surface area contributed by atoms with E-state index in [0.29, 0.717) is 6.42 Å². The van der Waals surface area contributed by atoms with Crippen LogP contribution in [0, 0.1) is 6.92 Å². The molecule has 0 unspecified atom stereocenters. The molecule has 1 fully saturated rings. The fraction of sp³-hybridized carbons (Fsp3) is 0.556. The van der Waals surface area contributed by atoms with Crippen molar-refractivity contribution < 1.29 is 14.7 Å². The number of amides is 1. The number of carboxylic acid groups (broad SMARTS) is 1. The molecule has 1 saturated carbocycles. The van der Waals surface area contributed by atoms with Crippen molar-refractivity contribution in [3.05, 3.63) is 35.4 Å². The third kappa shape index (κ3) is 5.36. The number of aliphatic carboxylic acids is 1. The van der Waals surface area contributed by atoms with Crippen LogP contribution in [-0.4, -0.2) is 47.1 Å². The van der Waals surface area contributed by atoms with E-state index in [2.05, 4.69) is 24.4 Å². The van der Waals surface area contributed by atoms with Crippen LogP contribution in [0.5, 0.6) is 0 Å². The molecular weight excluding hydrogens is 292 g/mol. The predicted molar refractivity (Wildman–Crippen MR) is 89.3 cm³/mol. The Morgan fingerprint density at radius 3 is 2.70 bits per heavy atom. The normalized spacial score (nSPS) is 20.1. The molecule has 1 amide bonds. The first kappa shape index (κ1) is 17.5. The summed E-state index contributed by atoms with van der Waals surface area (Å²) in [5.74, 6) is -0.714. The number of nitrogens with one attached hydrogen (secondary N) is 1. The Kier molecular flexibility index (Phi) is 6.16. The third-order valence-corrected chi connectivity index (χ3v) is 4.46. The number of carboxylic acids is 1. The van der Waals surface area contributed by atoms with Gasteiger partial charge >= 0.3 is 5.97 Å². The van der Waals surface area contributed by atoms with Gasteiger partial charge in [0.15, 0.2) is 0 Å². The Morgan fingerprint density at radius 1 is 1.35 bits per heavy atom. The first-order valence-electron chi connectivity index (χ1n) is 8.28. The van der Waals surface area contributed by atoms with Crippen molar-refractivity contribution >= 4 is 11.9 Å². The summed E-state index contributed by atoms with van der Waals surface area (Å²) < 4.78 is 0. The summed E-state index contributed by atoms with van der Waals surface area (Å²) >= 11 is 0. The van der Waals surface area contributed by atoms with Gasteiger partial charge < -0.3 is 10.4 Å². The van der Waals surface area contributed by atoms with Gasteiger partial charge in [0.25, 0.3) is 0 Å². The van der Waals surface area contributed by atoms with Crippen molar-refractivity contribution in [2.45, 2.75) is 51.6 Å². The predicted octanol–water partition coefficient (Wildman–Crippen LogP) is 1.98. The van der Waals surface area contributed by atoms with E-state index in [1.807, 2.05) is 24.0 Å². The lowest BCUT2D eigenvalue weighted by Crippen LogP contribution is -2.54. The van der Waals surface area contributed by atoms with Crippen LogP contribution in [0.25, 0.3) is 0 Å². The van der Waals surface area contributed by atoms with Crippen molar-refractivity contribution in [1.29, 1.82) is 0 Å². The van der Waals surface area contributed by atoms with E-state index in [1.165, 1.54) is 11.1 Å². The molecule has 23 heavy (non-hydrogen) atoms. The topological polar surface area (TPSA) is 69.6 Å². The number of benzene rings is 1. The number of hydrogen-bond donors (Lipinski definition) is 2. The van der Waals surface area contributed by atoms with Crippen molar-refractivity contribution in [2.24, 2.45) is 0 Å². The smallest absolute Gasteiger partial charge is 0.317 e. The highest BCUT2D eigenvalue weighted by Gasteiger charge is 2.34. The van der Waals surface area contributed by atoms with Crippen molar-refractivity contribution in [3.8, 4) is 0 Å². The maximum atomic E-state index is 12.0. The van der Waals surface area contributed by atoms with E-state index in [9.17, 15) is 9.59 Å². The molecule has 0 heterocycles. The minimum absolute atomic E-state index is 0.0786. The van der Waals surface area contributed by atoms with Crippen molar-refractivity contribution in [1.82, 2.24) is 10.2 Å². The highest BCUT2D eigenvalue weighted by Crippen LogP contribution is 2.25. The average molecular weight is 318 g/mol. The number of nitrogens with zero attached hydrogens (tertiary/aromatic N) is 1. The Hall–Kier alpha value is -1.88. The molecule has 2 N–H and O–H groups in total. The standard InChI is InChI=1S/C18H26N2O3/c1-3-20(12-18(22)23)16-10-15(11-16)19-17(21)8-7-14-6-4-5-13(2)9-14/h4-6,9,15-16H,3,7-8,10-12H2,1-2H3,(H,19,21)(H,22,23). The monoisotopic (exact) mass is 318 g/mol. The molecule has 1 aromatic rings. The molecule has 0 radical (unpaired) electrons. The molecule has 5 heteroatoms. The summed E-state index contributed by atoms with van der Waals surface area (Å²) in [5.41, 5.74) is 2.40. The second kappa shape index (κ2) is 8.11. The van der Waals surface area contributed by atoms with E-state index in [0.717, 1.165) is 25.8 Å². The van der Waals surface area contributed by atoms with E-state index < -0.39 is 5.97 Å². The summed E-state index contributed by atoms with van der Waals surface area (Å²) in [6.07, 6.45) is 2.94. The lowest BCUT2D eigenvalue weighted by Gasteiger charge is -2.42. The first-order chi connectivity index (χ1) is 11.0. The molecule has 0 spiro atoms. The van der Waals surface area contributed by atoms with Gasteiger partial charge in [-0.15, -0.1) is 0 Å². The summed E-state index contributed by atoms with van der Waals surface area (Å²) in [6, 6.07) is 8.68. The zero-order valence-electron chi connectivity index (χ0n) is 13.9. The van der Waals surface area contributed by atoms with Crippen LogP contribution in [0.15, 0.2) is 24.3 Å². The van der Waals surface area contributed by atoms with Gasteiger partial charge in [-0.3, -0.25) is 14.5 Å². The zero-order valence-corrected chi connectivity index (χ0v) is 13.9. The number of carbonyl (C=O) groups is 2. The van der Waals surface area contributed by atoms with E-state index in [4.69, 9.17) is 5.11 Å². The Balaban J connectivity index is 1.68. The van der Waals surface area contributed by atoms with Gasteiger partial charge in [-0.1, -0.05) is 36.8 Å².